The number of piperazine rings is 1. The maximum absolute atomic E-state index is 12.2. The normalized spacial score (nSPS) is 30.2. The van der Waals surface area contributed by atoms with Crippen molar-refractivity contribution in [2.45, 2.75) is 19.1 Å². The fourth-order valence-corrected chi connectivity index (χ4v) is 3.29. The largest absolute Gasteiger partial charge is 0.375 e. The van der Waals surface area contributed by atoms with Crippen molar-refractivity contribution in [3.63, 3.8) is 0 Å². The molecule has 6 nitrogen and oxygen atoms in total. The van der Waals surface area contributed by atoms with Crippen molar-refractivity contribution >= 4 is 5.91 Å². The van der Waals surface area contributed by atoms with Gasteiger partial charge in [-0.25, -0.2) is 0 Å². The SMILES string of the molecule is CC1CN(C(=O)CN2CC(N3CCNCC3)C2)CCO1. The van der Waals surface area contributed by atoms with Gasteiger partial charge in [-0.3, -0.25) is 14.6 Å². The summed E-state index contributed by atoms with van der Waals surface area (Å²) in [4.78, 5) is 19.0. The molecule has 0 bridgehead atoms. The van der Waals surface area contributed by atoms with E-state index in [2.05, 4.69) is 15.1 Å². The molecule has 0 aromatic heterocycles. The maximum atomic E-state index is 12.2. The van der Waals surface area contributed by atoms with E-state index in [1.165, 1.54) is 0 Å². The second kappa shape index (κ2) is 6.39. The zero-order chi connectivity index (χ0) is 13.9. The minimum absolute atomic E-state index is 0.178. The second-order valence-corrected chi connectivity index (χ2v) is 6.16. The van der Waals surface area contributed by atoms with Crippen LogP contribution in [0.2, 0.25) is 0 Å². The van der Waals surface area contributed by atoms with Gasteiger partial charge in [0.05, 0.1) is 19.3 Å². The molecule has 3 fully saturated rings. The third-order valence-electron chi connectivity index (χ3n) is 4.56. The number of likely N-dealkylation sites (tertiary alicyclic amines) is 1. The fraction of sp³-hybridized carbons (Fsp3) is 0.929. The van der Waals surface area contributed by atoms with Crippen LogP contribution in [0.5, 0.6) is 0 Å². The molecule has 0 radical (unpaired) electrons. The van der Waals surface area contributed by atoms with Gasteiger partial charge >= 0.3 is 0 Å². The number of nitrogens with one attached hydrogen (secondary N) is 1. The molecule has 1 atom stereocenters. The number of hydrogen-bond acceptors (Lipinski definition) is 5. The number of nitrogens with zero attached hydrogens (tertiary/aromatic N) is 3. The third-order valence-corrected chi connectivity index (χ3v) is 4.56. The van der Waals surface area contributed by atoms with Gasteiger partial charge in [0.25, 0.3) is 0 Å². The first-order chi connectivity index (χ1) is 9.72. The number of carbonyl (C=O) groups is 1. The highest BCUT2D eigenvalue weighted by molar-refractivity contribution is 5.78. The fourth-order valence-electron chi connectivity index (χ4n) is 3.29. The highest BCUT2D eigenvalue weighted by atomic mass is 16.5. The van der Waals surface area contributed by atoms with Gasteiger partial charge in [0, 0.05) is 58.4 Å². The predicted molar refractivity (Wildman–Crippen MR) is 76.7 cm³/mol. The molecule has 6 heteroatoms. The minimum Gasteiger partial charge on any atom is -0.375 e. The van der Waals surface area contributed by atoms with Crippen molar-refractivity contribution < 1.29 is 9.53 Å². The van der Waals surface area contributed by atoms with Crippen LogP contribution in [0.1, 0.15) is 6.92 Å². The maximum Gasteiger partial charge on any atom is 0.236 e. The van der Waals surface area contributed by atoms with E-state index >= 15 is 0 Å². The zero-order valence-electron chi connectivity index (χ0n) is 12.4. The summed E-state index contributed by atoms with van der Waals surface area (Å²) in [5.41, 5.74) is 0. The summed E-state index contributed by atoms with van der Waals surface area (Å²) < 4.78 is 5.48. The van der Waals surface area contributed by atoms with Crippen molar-refractivity contribution in [3.05, 3.63) is 0 Å². The Balaban J connectivity index is 1.38. The van der Waals surface area contributed by atoms with Crippen LogP contribution in [0.3, 0.4) is 0 Å². The van der Waals surface area contributed by atoms with Crippen LogP contribution in [0.25, 0.3) is 0 Å². The lowest BCUT2D eigenvalue weighted by Gasteiger charge is -2.47. The molecule has 1 N–H and O–H groups in total. The van der Waals surface area contributed by atoms with Crippen molar-refractivity contribution in [3.8, 4) is 0 Å². The van der Waals surface area contributed by atoms with Gasteiger partial charge in [-0.1, -0.05) is 0 Å². The van der Waals surface area contributed by atoms with E-state index in [1.54, 1.807) is 0 Å². The Morgan fingerprint density at radius 1 is 1.20 bits per heavy atom. The first kappa shape index (κ1) is 14.3. The van der Waals surface area contributed by atoms with E-state index in [0.717, 1.165) is 52.4 Å². The van der Waals surface area contributed by atoms with Gasteiger partial charge in [-0.2, -0.15) is 0 Å². The Kier molecular flexibility index (Phi) is 4.55. The Hall–Kier alpha value is -0.690. The van der Waals surface area contributed by atoms with Gasteiger partial charge < -0.3 is 15.0 Å². The van der Waals surface area contributed by atoms with Crippen molar-refractivity contribution in [1.82, 2.24) is 20.0 Å². The summed E-state index contributed by atoms with van der Waals surface area (Å²) in [6.07, 6.45) is 0.178. The van der Waals surface area contributed by atoms with Crippen LogP contribution in [-0.4, -0.2) is 98.3 Å². The molecule has 3 heterocycles. The molecular weight excluding hydrogens is 256 g/mol. The van der Waals surface area contributed by atoms with E-state index in [4.69, 9.17) is 4.74 Å². The van der Waals surface area contributed by atoms with E-state index in [-0.39, 0.29) is 12.0 Å². The lowest BCUT2D eigenvalue weighted by molar-refractivity contribution is -0.141. The van der Waals surface area contributed by atoms with Crippen LogP contribution in [-0.2, 0) is 9.53 Å². The topological polar surface area (TPSA) is 48.1 Å². The molecule has 0 aromatic rings. The van der Waals surface area contributed by atoms with Gasteiger partial charge in [0.15, 0.2) is 0 Å². The molecule has 0 aliphatic carbocycles. The summed E-state index contributed by atoms with van der Waals surface area (Å²) in [5.74, 6) is 0.263. The Bertz CT molecular complexity index is 340. The molecule has 114 valence electrons. The molecule has 3 saturated heterocycles. The first-order valence-corrected chi connectivity index (χ1v) is 7.79. The number of ether oxygens (including phenoxy) is 1. The van der Waals surface area contributed by atoms with E-state index in [9.17, 15) is 4.79 Å². The quantitative estimate of drug-likeness (QED) is 0.706. The second-order valence-electron chi connectivity index (χ2n) is 6.16. The molecular formula is C14H26N4O2. The number of hydrogen-bond donors (Lipinski definition) is 1. The van der Waals surface area contributed by atoms with Crippen LogP contribution in [0, 0.1) is 0 Å². The number of rotatable bonds is 3. The Morgan fingerprint density at radius 3 is 2.65 bits per heavy atom. The first-order valence-electron chi connectivity index (χ1n) is 7.79. The standard InChI is InChI=1S/C14H26N4O2/c1-12-8-18(6-7-20-12)14(19)11-16-9-13(10-16)17-4-2-15-3-5-17/h12-13,15H,2-11H2,1H3. The molecule has 1 amide bonds. The molecule has 1 unspecified atom stereocenters. The molecule has 20 heavy (non-hydrogen) atoms. The average Bonchev–Trinajstić information content (AvgIpc) is 2.43. The van der Waals surface area contributed by atoms with E-state index in [1.807, 2.05) is 11.8 Å². The molecule has 3 aliphatic heterocycles. The zero-order valence-corrected chi connectivity index (χ0v) is 12.4. The van der Waals surface area contributed by atoms with Gasteiger partial charge in [-0.15, -0.1) is 0 Å². The summed E-state index contributed by atoms with van der Waals surface area (Å²) in [6.45, 7) is 11.4. The van der Waals surface area contributed by atoms with E-state index in [0.29, 0.717) is 19.2 Å². The van der Waals surface area contributed by atoms with Crippen molar-refractivity contribution in [2.24, 2.45) is 0 Å². The monoisotopic (exact) mass is 282 g/mol. The molecule has 0 aromatic carbocycles. The summed E-state index contributed by atoms with van der Waals surface area (Å²) >= 11 is 0. The van der Waals surface area contributed by atoms with Crippen LogP contribution >= 0.6 is 0 Å². The van der Waals surface area contributed by atoms with Crippen molar-refractivity contribution in [1.29, 1.82) is 0 Å². The van der Waals surface area contributed by atoms with E-state index < -0.39 is 0 Å². The molecule has 0 saturated carbocycles. The Labute approximate surface area is 121 Å². The minimum atomic E-state index is 0.178. The lowest BCUT2D eigenvalue weighted by atomic mass is 10.1. The van der Waals surface area contributed by atoms with Crippen molar-refractivity contribution in [2.75, 3.05) is 65.5 Å². The summed E-state index contributed by atoms with van der Waals surface area (Å²) in [5, 5.41) is 3.38. The van der Waals surface area contributed by atoms with Crippen LogP contribution in [0.4, 0.5) is 0 Å². The number of amides is 1. The number of morpholine rings is 1. The highest BCUT2D eigenvalue weighted by Gasteiger charge is 2.34. The molecule has 0 spiro atoms. The van der Waals surface area contributed by atoms with Crippen LogP contribution in [0.15, 0.2) is 0 Å². The van der Waals surface area contributed by atoms with Gasteiger partial charge in [0.2, 0.25) is 5.91 Å². The molecule has 3 aliphatic rings. The molecule has 3 rings (SSSR count). The number of carbonyl (C=O) groups excluding carboxylic acids is 1. The average molecular weight is 282 g/mol. The third kappa shape index (κ3) is 3.31. The van der Waals surface area contributed by atoms with Gasteiger partial charge in [0.1, 0.15) is 0 Å². The summed E-state index contributed by atoms with van der Waals surface area (Å²) in [6, 6.07) is 0.661. The smallest absolute Gasteiger partial charge is 0.236 e. The van der Waals surface area contributed by atoms with Gasteiger partial charge in [-0.05, 0) is 6.92 Å². The predicted octanol–water partition coefficient (Wildman–Crippen LogP) is -1.18. The van der Waals surface area contributed by atoms with Crippen LogP contribution < -0.4 is 5.32 Å². The Morgan fingerprint density at radius 2 is 1.95 bits per heavy atom. The lowest BCUT2D eigenvalue weighted by Crippen LogP contribution is -2.64. The summed E-state index contributed by atoms with van der Waals surface area (Å²) in [7, 11) is 0. The highest BCUT2D eigenvalue weighted by Crippen LogP contribution is 2.16.